The third-order valence-corrected chi connectivity index (χ3v) is 4.47. The van der Waals surface area contributed by atoms with Gasteiger partial charge in [-0.2, -0.15) is 0 Å². The number of rotatable bonds is 2. The second-order valence-corrected chi connectivity index (χ2v) is 5.90. The molecule has 0 aliphatic heterocycles. The second kappa shape index (κ2) is 5.14. The molecule has 0 saturated heterocycles. The van der Waals surface area contributed by atoms with Crippen LogP contribution in [-0.4, -0.2) is 29.0 Å². The molecule has 22 heavy (non-hydrogen) atoms. The van der Waals surface area contributed by atoms with Gasteiger partial charge in [0.25, 0.3) is 0 Å². The van der Waals surface area contributed by atoms with Crippen LogP contribution in [-0.2, 0) is 4.79 Å². The average molecular weight is 295 g/mol. The van der Waals surface area contributed by atoms with E-state index in [0.717, 1.165) is 16.3 Å². The predicted octanol–water partition coefficient (Wildman–Crippen LogP) is 2.53. The van der Waals surface area contributed by atoms with Crippen molar-refractivity contribution >= 4 is 28.1 Å². The molecule has 1 aliphatic rings. The smallest absolute Gasteiger partial charge is 0.230 e. The summed E-state index contributed by atoms with van der Waals surface area (Å²) in [7, 11) is 0. The maximum absolute atomic E-state index is 12.6. The van der Waals surface area contributed by atoms with Gasteiger partial charge in [-0.15, -0.1) is 0 Å². The minimum Gasteiger partial charge on any atom is -0.396 e. The summed E-state index contributed by atoms with van der Waals surface area (Å²) in [6.07, 6.45) is 0. The van der Waals surface area contributed by atoms with E-state index in [2.05, 4.69) is 0 Å². The summed E-state index contributed by atoms with van der Waals surface area (Å²) in [5, 5.41) is 19.3. The van der Waals surface area contributed by atoms with Crippen LogP contribution < -0.4 is 0 Å². The van der Waals surface area contributed by atoms with Gasteiger partial charge in [0.1, 0.15) is 0 Å². The van der Waals surface area contributed by atoms with Crippen LogP contribution in [0.15, 0.2) is 30.3 Å². The molecule has 0 fully saturated rings. The molecule has 112 valence electrons. The number of aryl methyl sites for hydroxylation is 1. The number of fused-ring (bicyclic) bond motifs is 3. The Balaban J connectivity index is 2.30. The molecule has 0 saturated carbocycles. The molecule has 0 bridgehead atoms. The van der Waals surface area contributed by atoms with Crippen LogP contribution in [0.4, 0.5) is 0 Å². The summed E-state index contributed by atoms with van der Waals surface area (Å²) in [5.41, 5.74) is 1.99. The van der Waals surface area contributed by atoms with Crippen molar-refractivity contribution in [2.75, 3.05) is 6.61 Å². The van der Waals surface area contributed by atoms with Crippen LogP contribution in [0.25, 0.3) is 10.8 Å². The zero-order chi connectivity index (χ0) is 16.0. The van der Waals surface area contributed by atoms with Gasteiger partial charge in [0.2, 0.25) is 11.6 Å². The summed E-state index contributed by atoms with van der Waals surface area (Å²) < 4.78 is 0. The van der Waals surface area contributed by atoms with Gasteiger partial charge in [0.15, 0.2) is 0 Å². The molecule has 2 aromatic rings. The van der Waals surface area contributed by atoms with Crippen LogP contribution >= 0.6 is 0 Å². The van der Waals surface area contributed by atoms with Gasteiger partial charge in [-0.05, 0) is 29.2 Å². The lowest BCUT2D eigenvalue weighted by molar-refractivity contribution is -0.118. The standard InChI is InChI=1S/C18H17NO3/c1-9-4-3-5-12-11(9)6-7-13-15(12)18(22)17(21)14(16(13)19)10(2)8-20/h3-7,10,14,19-20H,8H2,1-2H3. The Morgan fingerprint density at radius 1 is 1.18 bits per heavy atom. The SMILES string of the molecule is Cc1cccc2c3c(ccc12)C(=N)C(C(C)CO)C(=O)C3=O. The molecule has 4 heteroatoms. The van der Waals surface area contributed by atoms with E-state index in [1.165, 1.54) is 0 Å². The molecule has 4 nitrogen and oxygen atoms in total. The third-order valence-electron chi connectivity index (χ3n) is 4.47. The van der Waals surface area contributed by atoms with Gasteiger partial charge in [0.05, 0.1) is 11.6 Å². The topological polar surface area (TPSA) is 78.2 Å². The predicted molar refractivity (Wildman–Crippen MR) is 84.6 cm³/mol. The number of Topliss-reactive ketones (excluding diaryl/α,β-unsaturated/α-hetero) is 2. The summed E-state index contributed by atoms with van der Waals surface area (Å²) in [6, 6.07) is 9.25. The number of hydrogen-bond acceptors (Lipinski definition) is 4. The van der Waals surface area contributed by atoms with Crippen molar-refractivity contribution in [1.82, 2.24) is 0 Å². The highest BCUT2D eigenvalue weighted by Gasteiger charge is 2.41. The molecular weight excluding hydrogens is 278 g/mol. The van der Waals surface area contributed by atoms with Gasteiger partial charge in [-0.3, -0.25) is 9.59 Å². The van der Waals surface area contributed by atoms with Crippen LogP contribution in [0.1, 0.15) is 28.4 Å². The Hall–Kier alpha value is -2.33. The van der Waals surface area contributed by atoms with Crippen molar-refractivity contribution in [2.45, 2.75) is 13.8 Å². The Morgan fingerprint density at radius 2 is 1.91 bits per heavy atom. The zero-order valence-corrected chi connectivity index (χ0v) is 12.5. The highest BCUT2D eigenvalue weighted by molar-refractivity contribution is 6.54. The lowest BCUT2D eigenvalue weighted by Crippen LogP contribution is -2.41. The van der Waals surface area contributed by atoms with E-state index in [-0.39, 0.29) is 12.3 Å². The summed E-state index contributed by atoms with van der Waals surface area (Å²) in [4.78, 5) is 25.0. The highest BCUT2D eigenvalue weighted by atomic mass is 16.3. The minimum atomic E-state index is -0.854. The minimum absolute atomic E-state index is 0.129. The first-order valence-corrected chi connectivity index (χ1v) is 7.28. The Bertz CT molecular complexity index is 822. The van der Waals surface area contributed by atoms with E-state index in [9.17, 15) is 14.7 Å². The van der Waals surface area contributed by atoms with Gasteiger partial charge in [-0.25, -0.2) is 0 Å². The number of nitrogens with one attached hydrogen (secondary N) is 1. The van der Waals surface area contributed by atoms with Gasteiger partial charge < -0.3 is 10.5 Å². The van der Waals surface area contributed by atoms with Gasteiger partial charge in [0, 0.05) is 17.7 Å². The van der Waals surface area contributed by atoms with Gasteiger partial charge >= 0.3 is 0 Å². The molecule has 0 amide bonds. The van der Waals surface area contributed by atoms with E-state index in [1.54, 1.807) is 13.0 Å². The first kappa shape index (κ1) is 14.6. The van der Waals surface area contributed by atoms with Crippen molar-refractivity contribution in [3.05, 3.63) is 47.0 Å². The normalized spacial score (nSPS) is 19.4. The van der Waals surface area contributed by atoms with E-state index < -0.39 is 23.4 Å². The fourth-order valence-electron chi connectivity index (χ4n) is 3.20. The molecule has 0 heterocycles. The number of carbonyl (C=O) groups excluding carboxylic acids is 2. The molecule has 3 rings (SSSR count). The molecule has 2 atom stereocenters. The lowest BCUT2D eigenvalue weighted by Gasteiger charge is -2.28. The number of aliphatic hydroxyl groups excluding tert-OH is 1. The maximum Gasteiger partial charge on any atom is 0.230 e. The Kier molecular flexibility index (Phi) is 3.41. The second-order valence-electron chi connectivity index (χ2n) is 5.90. The fraction of sp³-hybridized carbons (Fsp3) is 0.278. The maximum atomic E-state index is 12.6. The molecular formula is C18H17NO3. The molecule has 1 aliphatic carbocycles. The summed E-state index contributed by atoms with van der Waals surface area (Å²) in [5.74, 6) is -2.43. The van der Waals surface area contributed by atoms with E-state index in [4.69, 9.17) is 5.41 Å². The number of aliphatic hydroxyl groups is 1. The van der Waals surface area contributed by atoms with Crippen LogP contribution in [0.2, 0.25) is 0 Å². The largest absolute Gasteiger partial charge is 0.396 e. The number of carbonyl (C=O) groups is 2. The van der Waals surface area contributed by atoms with Crippen molar-refractivity contribution < 1.29 is 14.7 Å². The summed E-state index contributed by atoms with van der Waals surface area (Å²) >= 11 is 0. The average Bonchev–Trinajstić information content (AvgIpc) is 2.52. The first-order valence-electron chi connectivity index (χ1n) is 7.28. The highest BCUT2D eigenvalue weighted by Crippen LogP contribution is 2.33. The molecule has 0 spiro atoms. The van der Waals surface area contributed by atoms with E-state index in [1.807, 2.05) is 31.2 Å². The summed E-state index contributed by atoms with van der Waals surface area (Å²) in [6.45, 7) is 3.40. The number of hydrogen-bond donors (Lipinski definition) is 2. The van der Waals surface area contributed by atoms with Crippen molar-refractivity contribution in [3.8, 4) is 0 Å². The first-order chi connectivity index (χ1) is 10.5. The van der Waals surface area contributed by atoms with Crippen molar-refractivity contribution in [3.63, 3.8) is 0 Å². The molecule has 2 unspecified atom stereocenters. The van der Waals surface area contributed by atoms with Crippen LogP contribution in [0.5, 0.6) is 0 Å². The lowest BCUT2D eigenvalue weighted by atomic mass is 9.73. The fourth-order valence-corrected chi connectivity index (χ4v) is 3.20. The van der Waals surface area contributed by atoms with Crippen LogP contribution in [0, 0.1) is 24.2 Å². The molecule has 0 aromatic heterocycles. The third kappa shape index (κ3) is 1.91. The van der Waals surface area contributed by atoms with Crippen molar-refractivity contribution in [2.24, 2.45) is 11.8 Å². The van der Waals surface area contributed by atoms with E-state index >= 15 is 0 Å². The quantitative estimate of drug-likeness (QED) is 0.836. The zero-order valence-electron chi connectivity index (χ0n) is 12.5. The number of benzene rings is 2. The monoisotopic (exact) mass is 295 g/mol. The Labute approximate surface area is 128 Å². The molecule has 2 N–H and O–H groups in total. The Morgan fingerprint density at radius 3 is 2.59 bits per heavy atom. The number of ketones is 2. The molecule has 0 radical (unpaired) electrons. The van der Waals surface area contributed by atoms with Crippen molar-refractivity contribution in [1.29, 1.82) is 5.41 Å². The van der Waals surface area contributed by atoms with E-state index in [0.29, 0.717) is 11.1 Å². The van der Waals surface area contributed by atoms with Gasteiger partial charge in [-0.1, -0.05) is 37.3 Å². The van der Waals surface area contributed by atoms with Crippen LogP contribution in [0.3, 0.4) is 0 Å². The molecule has 2 aromatic carbocycles.